The molecule has 0 radical (unpaired) electrons. The highest BCUT2D eigenvalue weighted by Crippen LogP contribution is 2.31. The van der Waals surface area contributed by atoms with Crippen molar-refractivity contribution in [3.8, 4) is 11.5 Å². The van der Waals surface area contributed by atoms with Gasteiger partial charge in [-0.2, -0.15) is 0 Å². The summed E-state index contributed by atoms with van der Waals surface area (Å²) in [5.74, 6) is -0.572. The van der Waals surface area contributed by atoms with Gasteiger partial charge in [-0.05, 0) is 26.0 Å². The van der Waals surface area contributed by atoms with Crippen LogP contribution in [-0.2, 0) is 4.79 Å². The number of carboxylic acid groups (broad SMARTS) is 1. The number of hydrogen-bond acceptors (Lipinski definition) is 4. The van der Waals surface area contributed by atoms with E-state index in [1.807, 2.05) is 0 Å². The van der Waals surface area contributed by atoms with Gasteiger partial charge < -0.3 is 14.6 Å². The molecule has 1 N–H and O–H groups in total. The van der Waals surface area contributed by atoms with Gasteiger partial charge in [0.1, 0.15) is 0 Å². The fraction of sp³-hybridized carbons (Fsp3) is 0.333. The van der Waals surface area contributed by atoms with Crippen LogP contribution in [0.1, 0.15) is 24.2 Å². The van der Waals surface area contributed by atoms with Gasteiger partial charge in [0.15, 0.2) is 23.9 Å². The minimum atomic E-state index is -1.10. The Morgan fingerprint density at radius 3 is 2.76 bits per heavy atom. The molecule has 0 aliphatic heterocycles. The molecule has 0 spiro atoms. The zero-order valence-electron chi connectivity index (χ0n) is 9.67. The molecule has 0 bridgehead atoms. The Bertz CT molecular complexity index is 413. The zero-order chi connectivity index (χ0) is 12.8. The van der Waals surface area contributed by atoms with E-state index in [1.54, 1.807) is 25.1 Å². The largest absolute Gasteiger partial charge is 0.490 e. The lowest BCUT2D eigenvalue weighted by atomic mass is 10.2. The Hall–Kier alpha value is -2.04. The highest BCUT2D eigenvalue weighted by atomic mass is 16.5. The first-order valence-electron chi connectivity index (χ1n) is 5.20. The van der Waals surface area contributed by atoms with Crippen molar-refractivity contribution in [1.29, 1.82) is 0 Å². The first kappa shape index (κ1) is 13.0. The molecule has 0 aliphatic rings. The number of ether oxygens (including phenoxy) is 2. The summed E-state index contributed by atoms with van der Waals surface area (Å²) in [6.45, 7) is 3.58. The molecule has 5 heteroatoms. The highest BCUT2D eigenvalue weighted by Gasteiger charge is 2.18. The third-order valence-corrected chi connectivity index (χ3v) is 2.08. The molecule has 0 fully saturated rings. The van der Waals surface area contributed by atoms with Gasteiger partial charge in [-0.15, -0.1) is 0 Å². The monoisotopic (exact) mass is 238 g/mol. The van der Waals surface area contributed by atoms with Gasteiger partial charge in [0.2, 0.25) is 0 Å². The van der Waals surface area contributed by atoms with Gasteiger partial charge in [0.05, 0.1) is 12.2 Å². The fourth-order valence-electron chi connectivity index (χ4n) is 1.25. The molecule has 0 amide bonds. The van der Waals surface area contributed by atoms with E-state index >= 15 is 0 Å². The maximum absolute atomic E-state index is 10.9. The number of para-hydroxylation sites is 1. The number of carbonyl (C=O) groups excluding carboxylic acids is 1. The first-order valence-corrected chi connectivity index (χ1v) is 5.20. The molecular weight excluding hydrogens is 224 g/mol. The minimum Gasteiger partial charge on any atom is -0.490 e. The Kier molecular flexibility index (Phi) is 4.51. The number of carbonyl (C=O) groups is 2. The van der Waals surface area contributed by atoms with Gasteiger partial charge in [0.25, 0.3) is 0 Å². The second-order valence-corrected chi connectivity index (χ2v) is 3.32. The van der Waals surface area contributed by atoms with Crippen LogP contribution in [0.5, 0.6) is 11.5 Å². The normalized spacial score (nSPS) is 11.6. The van der Waals surface area contributed by atoms with Crippen molar-refractivity contribution in [3.05, 3.63) is 23.8 Å². The van der Waals surface area contributed by atoms with Crippen LogP contribution in [0.15, 0.2) is 18.2 Å². The van der Waals surface area contributed by atoms with Crippen LogP contribution in [0.3, 0.4) is 0 Å². The standard InChI is InChI=1S/C12H14O5/c1-3-16-10-6-4-5-9(7-13)11(10)17-8(2)12(14)15/h4-8H,3H2,1-2H3,(H,14,15). The number of aldehydes is 1. The average Bonchev–Trinajstić information content (AvgIpc) is 2.31. The fourth-order valence-corrected chi connectivity index (χ4v) is 1.25. The molecule has 0 aromatic heterocycles. The molecule has 17 heavy (non-hydrogen) atoms. The van der Waals surface area contributed by atoms with E-state index in [0.717, 1.165) is 0 Å². The molecule has 0 aliphatic carbocycles. The zero-order valence-corrected chi connectivity index (χ0v) is 9.67. The first-order chi connectivity index (χ1) is 8.10. The molecule has 1 rings (SSSR count). The summed E-state index contributed by atoms with van der Waals surface area (Å²) in [5.41, 5.74) is 0.268. The second-order valence-electron chi connectivity index (χ2n) is 3.32. The van der Waals surface area contributed by atoms with Gasteiger partial charge in [0, 0.05) is 0 Å². The Balaban J connectivity index is 3.08. The smallest absolute Gasteiger partial charge is 0.344 e. The molecule has 92 valence electrons. The van der Waals surface area contributed by atoms with Gasteiger partial charge >= 0.3 is 5.97 Å². The third kappa shape index (κ3) is 3.21. The van der Waals surface area contributed by atoms with Crippen LogP contribution < -0.4 is 9.47 Å². The van der Waals surface area contributed by atoms with E-state index < -0.39 is 12.1 Å². The van der Waals surface area contributed by atoms with E-state index in [4.69, 9.17) is 14.6 Å². The summed E-state index contributed by atoms with van der Waals surface area (Å²) in [4.78, 5) is 21.6. The van der Waals surface area contributed by atoms with Crippen molar-refractivity contribution in [2.75, 3.05) is 6.61 Å². The lowest BCUT2D eigenvalue weighted by Gasteiger charge is -2.15. The van der Waals surface area contributed by atoms with E-state index in [0.29, 0.717) is 18.6 Å². The molecule has 5 nitrogen and oxygen atoms in total. The van der Waals surface area contributed by atoms with Gasteiger partial charge in [-0.25, -0.2) is 4.79 Å². The summed E-state index contributed by atoms with van der Waals surface area (Å²) >= 11 is 0. The van der Waals surface area contributed by atoms with Crippen molar-refractivity contribution in [1.82, 2.24) is 0 Å². The quantitative estimate of drug-likeness (QED) is 0.764. The van der Waals surface area contributed by atoms with Crippen LogP contribution in [0.25, 0.3) is 0 Å². The highest BCUT2D eigenvalue weighted by molar-refractivity contribution is 5.82. The number of rotatable bonds is 6. The van der Waals surface area contributed by atoms with Crippen LogP contribution >= 0.6 is 0 Å². The second kappa shape index (κ2) is 5.89. The molecule has 1 aromatic rings. The molecule has 1 unspecified atom stereocenters. The van der Waals surface area contributed by atoms with E-state index in [1.165, 1.54) is 6.92 Å². The Morgan fingerprint density at radius 1 is 1.53 bits per heavy atom. The number of hydrogen-bond donors (Lipinski definition) is 1. The molecule has 0 heterocycles. The predicted octanol–water partition coefficient (Wildman–Crippen LogP) is 1.75. The summed E-state index contributed by atoms with van der Waals surface area (Å²) in [7, 11) is 0. The van der Waals surface area contributed by atoms with Crippen LogP contribution in [0, 0.1) is 0 Å². The van der Waals surface area contributed by atoms with Crippen molar-refractivity contribution in [2.24, 2.45) is 0 Å². The van der Waals surface area contributed by atoms with Crippen LogP contribution in [-0.4, -0.2) is 30.1 Å². The van der Waals surface area contributed by atoms with E-state index in [-0.39, 0.29) is 11.3 Å². The van der Waals surface area contributed by atoms with Gasteiger partial charge in [-0.1, -0.05) is 6.07 Å². The van der Waals surface area contributed by atoms with Crippen LogP contribution in [0.2, 0.25) is 0 Å². The summed E-state index contributed by atoms with van der Waals surface area (Å²) in [5, 5.41) is 8.77. The molecule has 0 saturated carbocycles. The van der Waals surface area contributed by atoms with E-state index in [9.17, 15) is 9.59 Å². The molecular formula is C12H14O5. The van der Waals surface area contributed by atoms with Crippen LogP contribution in [0.4, 0.5) is 0 Å². The molecule has 1 aromatic carbocycles. The maximum atomic E-state index is 10.9. The SMILES string of the molecule is CCOc1cccc(C=O)c1OC(C)C(=O)O. The van der Waals surface area contributed by atoms with E-state index in [2.05, 4.69) is 0 Å². The lowest BCUT2D eigenvalue weighted by Crippen LogP contribution is -2.23. The van der Waals surface area contributed by atoms with Crippen molar-refractivity contribution in [3.63, 3.8) is 0 Å². The number of benzene rings is 1. The summed E-state index contributed by atoms with van der Waals surface area (Å²) in [6, 6.07) is 4.81. The van der Waals surface area contributed by atoms with Crippen molar-refractivity contribution < 1.29 is 24.2 Å². The topological polar surface area (TPSA) is 72.8 Å². The number of carboxylic acids is 1. The Morgan fingerprint density at radius 2 is 2.24 bits per heavy atom. The Labute approximate surface area is 99.0 Å². The minimum absolute atomic E-state index is 0.166. The maximum Gasteiger partial charge on any atom is 0.344 e. The summed E-state index contributed by atoms with van der Waals surface area (Å²) < 4.78 is 10.5. The molecule has 0 saturated heterocycles. The average molecular weight is 238 g/mol. The number of aliphatic carboxylic acids is 1. The predicted molar refractivity (Wildman–Crippen MR) is 60.7 cm³/mol. The van der Waals surface area contributed by atoms with Crippen molar-refractivity contribution in [2.45, 2.75) is 20.0 Å². The molecule has 1 atom stereocenters. The van der Waals surface area contributed by atoms with Crippen molar-refractivity contribution >= 4 is 12.3 Å². The lowest BCUT2D eigenvalue weighted by molar-refractivity contribution is -0.144. The summed E-state index contributed by atoms with van der Waals surface area (Å²) in [6.07, 6.45) is -0.442. The van der Waals surface area contributed by atoms with Gasteiger partial charge in [-0.3, -0.25) is 4.79 Å². The third-order valence-electron chi connectivity index (χ3n) is 2.08.